The lowest BCUT2D eigenvalue weighted by Crippen LogP contribution is -2.02. The van der Waals surface area contributed by atoms with Crippen LogP contribution in [0.3, 0.4) is 0 Å². The third kappa shape index (κ3) is 2.42. The van der Waals surface area contributed by atoms with Crippen LogP contribution in [0, 0.1) is 6.92 Å². The highest BCUT2D eigenvalue weighted by Gasteiger charge is 2.12. The van der Waals surface area contributed by atoms with Crippen LogP contribution >= 0.6 is 15.9 Å². The average Bonchev–Trinajstić information content (AvgIpc) is 2.68. The Hall–Kier alpha value is -1.35. The molecule has 0 fully saturated rings. The van der Waals surface area contributed by atoms with Gasteiger partial charge >= 0.3 is 0 Å². The van der Waals surface area contributed by atoms with Gasteiger partial charge in [0.25, 0.3) is 0 Å². The number of carbonyl (C=O) groups excluding carboxylic acids is 1. The number of halogens is 1. The Kier molecular flexibility index (Phi) is 3.25. The summed E-state index contributed by atoms with van der Waals surface area (Å²) in [6, 6.07) is 11.2. The largest absolute Gasteiger partial charge is 0.458 e. The van der Waals surface area contributed by atoms with E-state index in [1.165, 1.54) is 0 Å². The monoisotopic (exact) mass is 278 g/mol. The van der Waals surface area contributed by atoms with Crippen LogP contribution in [0.1, 0.15) is 21.9 Å². The minimum atomic E-state index is 0.000000000000000222. The van der Waals surface area contributed by atoms with Crippen molar-refractivity contribution < 1.29 is 9.21 Å². The van der Waals surface area contributed by atoms with Crippen molar-refractivity contribution in [3.05, 3.63) is 58.0 Å². The van der Waals surface area contributed by atoms with E-state index < -0.39 is 0 Å². The molecule has 0 N–H and O–H groups in total. The fourth-order valence-corrected chi connectivity index (χ4v) is 1.91. The van der Waals surface area contributed by atoms with Gasteiger partial charge < -0.3 is 4.42 Å². The molecule has 0 aliphatic heterocycles. The quantitative estimate of drug-likeness (QED) is 0.800. The first-order valence-corrected chi connectivity index (χ1v) is 5.79. The molecule has 2 nitrogen and oxygen atoms in total. The number of Topliss-reactive ketones (excluding diaryl/α,β-unsaturated/α-hetero) is 1. The third-order valence-electron chi connectivity index (χ3n) is 2.32. The van der Waals surface area contributed by atoms with Crippen LogP contribution in [0.25, 0.3) is 0 Å². The van der Waals surface area contributed by atoms with Crippen LogP contribution in [0.15, 0.2) is 45.3 Å². The van der Waals surface area contributed by atoms with Gasteiger partial charge in [0.1, 0.15) is 5.76 Å². The Morgan fingerprint density at radius 3 is 2.62 bits per heavy atom. The summed E-state index contributed by atoms with van der Waals surface area (Å²) < 4.78 is 6.24. The van der Waals surface area contributed by atoms with Crippen LogP contribution < -0.4 is 0 Å². The molecule has 0 amide bonds. The Labute approximate surface area is 102 Å². The van der Waals surface area contributed by atoms with Gasteiger partial charge in [-0.25, -0.2) is 0 Å². The minimum absolute atomic E-state index is 0.000000000000000222. The fourth-order valence-electron chi connectivity index (χ4n) is 1.49. The van der Waals surface area contributed by atoms with Crippen molar-refractivity contribution in [2.45, 2.75) is 13.3 Å². The first kappa shape index (κ1) is 11.1. The zero-order valence-electron chi connectivity index (χ0n) is 8.87. The molecule has 0 spiro atoms. The third-order valence-corrected chi connectivity index (χ3v) is 3.10. The number of rotatable bonds is 3. The van der Waals surface area contributed by atoms with E-state index in [4.69, 9.17) is 4.42 Å². The van der Waals surface area contributed by atoms with Crippen molar-refractivity contribution in [2.75, 3.05) is 0 Å². The average molecular weight is 279 g/mol. The van der Waals surface area contributed by atoms with E-state index in [1.807, 2.05) is 31.2 Å². The number of benzene rings is 1. The maximum atomic E-state index is 11.9. The summed E-state index contributed by atoms with van der Waals surface area (Å²) in [6.07, 6.45) is 0.356. The van der Waals surface area contributed by atoms with Crippen molar-refractivity contribution in [1.82, 2.24) is 0 Å². The van der Waals surface area contributed by atoms with E-state index in [9.17, 15) is 4.79 Å². The van der Waals surface area contributed by atoms with Crippen LogP contribution in [0.2, 0.25) is 0 Å². The lowest BCUT2D eigenvalue weighted by atomic mass is 10.1. The molecule has 3 heteroatoms. The van der Waals surface area contributed by atoms with Crippen molar-refractivity contribution in [3.63, 3.8) is 0 Å². The second-order valence-electron chi connectivity index (χ2n) is 3.60. The van der Waals surface area contributed by atoms with Gasteiger partial charge in [-0.15, -0.1) is 0 Å². The zero-order valence-corrected chi connectivity index (χ0v) is 10.5. The molecule has 0 saturated heterocycles. The second kappa shape index (κ2) is 4.66. The van der Waals surface area contributed by atoms with Gasteiger partial charge in [0, 0.05) is 10.9 Å². The Morgan fingerprint density at radius 1 is 1.25 bits per heavy atom. The van der Waals surface area contributed by atoms with E-state index in [1.54, 1.807) is 12.1 Å². The highest BCUT2D eigenvalue weighted by Crippen LogP contribution is 2.18. The number of hydrogen-bond donors (Lipinski definition) is 0. The molecule has 1 heterocycles. The summed E-state index contributed by atoms with van der Waals surface area (Å²) in [7, 11) is 0. The summed E-state index contributed by atoms with van der Waals surface area (Å²) >= 11 is 3.42. The van der Waals surface area contributed by atoms with Gasteiger partial charge in [-0.05, 0) is 30.7 Å². The van der Waals surface area contributed by atoms with Gasteiger partial charge in [-0.3, -0.25) is 4.79 Å². The van der Waals surface area contributed by atoms with E-state index in [2.05, 4.69) is 15.9 Å². The Morgan fingerprint density at radius 2 is 2.00 bits per heavy atom. The molecule has 0 aliphatic rings. The first-order valence-electron chi connectivity index (χ1n) is 5.00. The lowest BCUT2D eigenvalue weighted by molar-refractivity contribution is 0.0965. The highest BCUT2D eigenvalue weighted by molar-refractivity contribution is 9.10. The number of hydrogen-bond acceptors (Lipinski definition) is 2. The van der Waals surface area contributed by atoms with Crippen molar-refractivity contribution in [3.8, 4) is 0 Å². The van der Waals surface area contributed by atoms with Crippen LogP contribution in [0.5, 0.6) is 0 Å². The number of carbonyl (C=O) groups is 1. The predicted octanol–water partition coefficient (Wildman–Crippen LogP) is 3.78. The molecule has 2 aromatic rings. The molecule has 1 aromatic carbocycles. The van der Waals surface area contributed by atoms with E-state index in [-0.39, 0.29) is 5.78 Å². The summed E-state index contributed by atoms with van der Waals surface area (Å²) in [5.41, 5.74) is 0.974. The van der Waals surface area contributed by atoms with E-state index in [0.29, 0.717) is 12.2 Å². The summed E-state index contributed by atoms with van der Waals surface area (Å²) in [5.74, 6) is 1.18. The molecular weight excluding hydrogens is 268 g/mol. The van der Waals surface area contributed by atoms with Crippen LogP contribution in [0.4, 0.5) is 0 Å². The SMILES string of the molecule is Cc1ccc(C(=O)Cc2ccccc2Br)o1. The first-order chi connectivity index (χ1) is 7.66. The van der Waals surface area contributed by atoms with Crippen molar-refractivity contribution >= 4 is 21.7 Å². The van der Waals surface area contributed by atoms with Crippen molar-refractivity contribution in [1.29, 1.82) is 0 Å². The molecule has 0 unspecified atom stereocenters. The maximum Gasteiger partial charge on any atom is 0.202 e. The molecule has 0 bridgehead atoms. The van der Waals surface area contributed by atoms with Crippen LogP contribution in [-0.4, -0.2) is 5.78 Å². The zero-order chi connectivity index (χ0) is 11.5. The van der Waals surface area contributed by atoms with Crippen molar-refractivity contribution in [2.24, 2.45) is 0 Å². The van der Waals surface area contributed by atoms with Gasteiger partial charge in [-0.1, -0.05) is 34.1 Å². The lowest BCUT2D eigenvalue weighted by Gasteiger charge is -2.01. The molecule has 0 saturated carbocycles. The second-order valence-corrected chi connectivity index (χ2v) is 4.46. The molecule has 2 rings (SSSR count). The van der Waals surface area contributed by atoms with Crippen LogP contribution in [-0.2, 0) is 6.42 Å². The fraction of sp³-hybridized carbons (Fsp3) is 0.154. The topological polar surface area (TPSA) is 30.2 Å². The molecule has 0 aliphatic carbocycles. The van der Waals surface area contributed by atoms with Gasteiger partial charge in [0.15, 0.2) is 5.76 Å². The standard InChI is InChI=1S/C13H11BrO2/c1-9-6-7-13(16-9)12(15)8-10-4-2-3-5-11(10)14/h2-7H,8H2,1H3. The summed E-state index contributed by atoms with van der Waals surface area (Å²) in [5, 5.41) is 0. The summed E-state index contributed by atoms with van der Waals surface area (Å²) in [4.78, 5) is 11.9. The van der Waals surface area contributed by atoms with Gasteiger partial charge in [-0.2, -0.15) is 0 Å². The predicted molar refractivity (Wildman–Crippen MR) is 65.6 cm³/mol. The summed E-state index contributed by atoms with van der Waals surface area (Å²) in [6.45, 7) is 1.83. The number of ketones is 1. The van der Waals surface area contributed by atoms with Gasteiger partial charge in [0.05, 0.1) is 0 Å². The normalized spacial score (nSPS) is 10.4. The Bertz CT molecular complexity index is 514. The minimum Gasteiger partial charge on any atom is -0.458 e. The van der Waals surface area contributed by atoms with E-state index >= 15 is 0 Å². The molecule has 1 aromatic heterocycles. The Balaban J connectivity index is 2.17. The number of furan rings is 1. The molecular formula is C13H11BrO2. The highest BCUT2D eigenvalue weighted by atomic mass is 79.9. The van der Waals surface area contributed by atoms with Gasteiger partial charge in [0.2, 0.25) is 5.78 Å². The molecule has 82 valence electrons. The maximum absolute atomic E-state index is 11.9. The van der Waals surface area contributed by atoms with E-state index in [0.717, 1.165) is 15.8 Å². The molecule has 0 radical (unpaired) electrons. The molecule has 16 heavy (non-hydrogen) atoms. The smallest absolute Gasteiger partial charge is 0.202 e. The molecule has 0 atom stereocenters. The number of aryl methyl sites for hydroxylation is 1.